The normalized spacial score (nSPS) is 11.4. The molecule has 7 nitrogen and oxygen atoms in total. The minimum Gasteiger partial charge on any atom is -0.495 e. The molecule has 0 aliphatic heterocycles. The second kappa shape index (κ2) is 6.14. The van der Waals surface area contributed by atoms with Crippen molar-refractivity contribution in [3.05, 3.63) is 53.8 Å². The first-order valence-electron chi connectivity index (χ1n) is 7.32. The highest BCUT2D eigenvalue weighted by Crippen LogP contribution is 2.34. The molecule has 1 amide bonds. The van der Waals surface area contributed by atoms with E-state index in [-0.39, 0.29) is 22.1 Å². The van der Waals surface area contributed by atoms with Gasteiger partial charge in [0.25, 0.3) is 15.9 Å². The molecule has 3 N–H and O–H groups in total. The average molecular weight is 360 g/mol. The Bertz CT molecular complexity index is 1070. The number of aryl methyl sites for hydroxylation is 1. The first kappa shape index (κ1) is 16.8. The number of amides is 1. The zero-order valence-corrected chi connectivity index (χ0v) is 14.4. The third-order valence-electron chi connectivity index (χ3n) is 3.66. The lowest BCUT2D eigenvalue weighted by Gasteiger charge is -2.12. The largest absolute Gasteiger partial charge is 0.495 e. The number of para-hydroxylation sites is 1. The van der Waals surface area contributed by atoms with Crippen molar-refractivity contribution in [2.24, 2.45) is 5.73 Å². The van der Waals surface area contributed by atoms with Gasteiger partial charge in [0.15, 0.2) is 0 Å². The Morgan fingerprint density at radius 3 is 2.60 bits per heavy atom. The number of nitrogens with one attached hydrogen (secondary N) is 1. The van der Waals surface area contributed by atoms with Gasteiger partial charge in [-0.3, -0.25) is 9.52 Å². The number of rotatable bonds is 5. The zero-order valence-electron chi connectivity index (χ0n) is 13.6. The van der Waals surface area contributed by atoms with E-state index >= 15 is 0 Å². The summed E-state index contributed by atoms with van der Waals surface area (Å²) >= 11 is 0. The van der Waals surface area contributed by atoms with Gasteiger partial charge in [-0.15, -0.1) is 0 Å². The van der Waals surface area contributed by atoms with Crippen LogP contribution < -0.4 is 15.2 Å². The molecule has 0 aliphatic carbocycles. The summed E-state index contributed by atoms with van der Waals surface area (Å²) in [7, 11) is -2.66. The summed E-state index contributed by atoms with van der Waals surface area (Å²) in [4.78, 5) is 11.6. The van der Waals surface area contributed by atoms with Crippen LogP contribution >= 0.6 is 0 Å². The molecule has 8 heteroatoms. The van der Waals surface area contributed by atoms with Crippen molar-refractivity contribution in [3.8, 4) is 5.75 Å². The van der Waals surface area contributed by atoms with Crippen molar-refractivity contribution in [2.45, 2.75) is 11.8 Å². The number of methoxy groups -OCH3 is 1. The van der Waals surface area contributed by atoms with E-state index in [1.807, 2.05) is 0 Å². The highest BCUT2D eigenvalue weighted by molar-refractivity contribution is 7.92. The fourth-order valence-corrected chi connectivity index (χ4v) is 3.84. The highest BCUT2D eigenvalue weighted by Gasteiger charge is 2.26. The smallest absolute Gasteiger partial charge is 0.286 e. The maximum Gasteiger partial charge on any atom is 0.286 e. The van der Waals surface area contributed by atoms with E-state index in [9.17, 15) is 13.2 Å². The molecule has 2 aromatic carbocycles. The molecule has 0 radical (unpaired) electrons. The predicted octanol–water partition coefficient (Wildman–Crippen LogP) is 2.65. The van der Waals surface area contributed by atoms with Gasteiger partial charge in [-0.1, -0.05) is 18.2 Å². The Balaban J connectivity index is 2.17. The van der Waals surface area contributed by atoms with Gasteiger partial charge in [0, 0.05) is 5.39 Å². The molecule has 130 valence electrons. The fraction of sp³-hybridized carbons (Fsp3) is 0.118. The second-order valence-electron chi connectivity index (χ2n) is 5.43. The molecule has 0 unspecified atom stereocenters. The van der Waals surface area contributed by atoms with Gasteiger partial charge < -0.3 is 14.9 Å². The van der Waals surface area contributed by atoms with Crippen LogP contribution in [0.25, 0.3) is 11.0 Å². The van der Waals surface area contributed by atoms with Crippen LogP contribution in [-0.2, 0) is 10.0 Å². The number of furan rings is 1. The van der Waals surface area contributed by atoms with Gasteiger partial charge in [-0.05, 0) is 36.8 Å². The topological polar surface area (TPSA) is 112 Å². The van der Waals surface area contributed by atoms with Gasteiger partial charge in [0.2, 0.25) is 5.76 Å². The molecule has 1 aromatic heterocycles. The minimum atomic E-state index is -4.04. The number of carbonyl (C=O) groups excluding carboxylic acids is 1. The average Bonchev–Trinajstić information content (AvgIpc) is 2.93. The summed E-state index contributed by atoms with van der Waals surface area (Å²) in [6.45, 7) is 1.76. The van der Waals surface area contributed by atoms with Crippen LogP contribution in [0.5, 0.6) is 5.75 Å². The molecule has 0 fully saturated rings. The van der Waals surface area contributed by atoms with E-state index in [1.54, 1.807) is 43.3 Å². The molecular weight excluding hydrogens is 344 g/mol. The van der Waals surface area contributed by atoms with E-state index in [4.69, 9.17) is 14.9 Å². The second-order valence-corrected chi connectivity index (χ2v) is 7.08. The Kier molecular flexibility index (Phi) is 4.13. The third kappa shape index (κ3) is 3.03. The lowest BCUT2D eigenvalue weighted by Crippen LogP contribution is -2.18. The lowest BCUT2D eigenvalue weighted by atomic mass is 10.2. The van der Waals surface area contributed by atoms with Crippen LogP contribution in [0.15, 0.2) is 51.8 Å². The number of nitrogens with two attached hydrogens (primary N) is 1. The molecule has 3 aromatic rings. The number of hydrogen-bond donors (Lipinski definition) is 2. The number of sulfonamides is 1. The Morgan fingerprint density at radius 1 is 1.20 bits per heavy atom. The number of fused-ring (bicyclic) bond motifs is 1. The van der Waals surface area contributed by atoms with Crippen molar-refractivity contribution in [3.63, 3.8) is 0 Å². The first-order chi connectivity index (χ1) is 11.8. The summed E-state index contributed by atoms with van der Waals surface area (Å²) in [5.74, 6) is -0.937. The van der Waals surface area contributed by atoms with Gasteiger partial charge >= 0.3 is 0 Å². The highest BCUT2D eigenvalue weighted by atomic mass is 32.2. The fourth-order valence-electron chi connectivity index (χ4n) is 2.50. The lowest BCUT2D eigenvalue weighted by molar-refractivity contribution is 0.0977. The van der Waals surface area contributed by atoms with Crippen LogP contribution in [0.1, 0.15) is 16.1 Å². The van der Waals surface area contributed by atoms with E-state index < -0.39 is 15.9 Å². The Hall–Kier alpha value is -3.00. The number of anilines is 1. The molecule has 0 saturated heterocycles. The van der Waals surface area contributed by atoms with Crippen LogP contribution in [0.2, 0.25) is 0 Å². The molecule has 0 bridgehead atoms. The SMILES string of the molecule is COc1ccc(C)cc1S(=O)(=O)Nc1c(C(N)=O)oc2ccccc12. The molecule has 0 aliphatic rings. The first-order valence-corrected chi connectivity index (χ1v) is 8.80. The number of carbonyl (C=O) groups is 1. The van der Waals surface area contributed by atoms with Crippen molar-refractivity contribution in [2.75, 3.05) is 11.8 Å². The van der Waals surface area contributed by atoms with Crippen molar-refractivity contribution >= 4 is 32.6 Å². The number of ether oxygens (including phenoxy) is 1. The quantitative estimate of drug-likeness (QED) is 0.726. The molecule has 0 atom stereocenters. The van der Waals surface area contributed by atoms with E-state index in [1.165, 1.54) is 13.2 Å². The Morgan fingerprint density at radius 2 is 1.92 bits per heavy atom. The van der Waals surface area contributed by atoms with E-state index in [0.29, 0.717) is 11.0 Å². The third-order valence-corrected chi connectivity index (χ3v) is 5.04. The predicted molar refractivity (Wildman–Crippen MR) is 93.3 cm³/mol. The van der Waals surface area contributed by atoms with Gasteiger partial charge in [-0.2, -0.15) is 0 Å². The summed E-state index contributed by atoms with van der Waals surface area (Å²) in [6.07, 6.45) is 0. The number of primary amides is 1. The molecular formula is C17H16N2O5S. The molecule has 0 spiro atoms. The standard InChI is InChI=1S/C17H16N2O5S/c1-10-7-8-13(23-2)14(9-10)25(21,22)19-15-11-5-3-4-6-12(11)24-16(15)17(18)20/h3-9,19H,1-2H3,(H2,18,20). The summed E-state index contributed by atoms with van der Waals surface area (Å²) in [5.41, 5.74) is 6.43. The molecule has 25 heavy (non-hydrogen) atoms. The molecule has 3 rings (SSSR count). The minimum absolute atomic E-state index is 0.00617. The van der Waals surface area contributed by atoms with E-state index in [2.05, 4.69) is 4.72 Å². The van der Waals surface area contributed by atoms with Gasteiger partial charge in [0.05, 0.1) is 7.11 Å². The maximum absolute atomic E-state index is 12.9. The number of hydrogen-bond acceptors (Lipinski definition) is 5. The summed E-state index contributed by atoms with van der Waals surface area (Å²) < 4.78 is 38.7. The van der Waals surface area contributed by atoms with Crippen LogP contribution in [0, 0.1) is 6.92 Å². The van der Waals surface area contributed by atoms with Gasteiger partial charge in [-0.25, -0.2) is 8.42 Å². The summed E-state index contributed by atoms with van der Waals surface area (Å²) in [5, 5.41) is 0.437. The number of benzene rings is 2. The molecule has 1 heterocycles. The van der Waals surface area contributed by atoms with Crippen LogP contribution in [-0.4, -0.2) is 21.4 Å². The van der Waals surface area contributed by atoms with E-state index in [0.717, 1.165) is 5.56 Å². The Labute approximate surface area is 144 Å². The molecule has 0 saturated carbocycles. The van der Waals surface area contributed by atoms with Gasteiger partial charge in [0.1, 0.15) is 21.9 Å². The van der Waals surface area contributed by atoms with Crippen molar-refractivity contribution in [1.82, 2.24) is 0 Å². The maximum atomic E-state index is 12.9. The van der Waals surface area contributed by atoms with Crippen molar-refractivity contribution < 1.29 is 22.4 Å². The monoisotopic (exact) mass is 360 g/mol. The van der Waals surface area contributed by atoms with Crippen LogP contribution in [0.4, 0.5) is 5.69 Å². The van der Waals surface area contributed by atoms with Crippen molar-refractivity contribution in [1.29, 1.82) is 0 Å². The summed E-state index contributed by atoms with van der Waals surface area (Å²) in [6, 6.07) is 11.4. The van der Waals surface area contributed by atoms with Crippen LogP contribution in [0.3, 0.4) is 0 Å². The zero-order chi connectivity index (χ0) is 18.2.